The van der Waals surface area contributed by atoms with Crippen molar-refractivity contribution < 1.29 is 5.11 Å². The molecule has 1 aliphatic carbocycles. The van der Waals surface area contributed by atoms with Gasteiger partial charge in [0.15, 0.2) is 0 Å². The lowest BCUT2D eigenvalue weighted by Crippen LogP contribution is -2.38. The van der Waals surface area contributed by atoms with Crippen LogP contribution in [0.3, 0.4) is 0 Å². The zero-order valence-electron chi connectivity index (χ0n) is 15.9. The third-order valence-corrected chi connectivity index (χ3v) is 6.05. The first-order chi connectivity index (χ1) is 13.6. The number of aromatic amines is 1. The minimum atomic E-state index is -0.492. The highest BCUT2D eigenvalue weighted by Crippen LogP contribution is 2.32. The summed E-state index contributed by atoms with van der Waals surface area (Å²) in [5.74, 6) is 0.638. The molecule has 144 valence electrons. The summed E-state index contributed by atoms with van der Waals surface area (Å²) in [6.07, 6.45) is 12.0. The van der Waals surface area contributed by atoms with Gasteiger partial charge in [-0.1, -0.05) is 6.92 Å². The van der Waals surface area contributed by atoms with Gasteiger partial charge in [0.1, 0.15) is 5.65 Å². The van der Waals surface area contributed by atoms with Crippen molar-refractivity contribution in [2.75, 3.05) is 5.32 Å². The second kappa shape index (κ2) is 6.60. The van der Waals surface area contributed by atoms with Crippen LogP contribution in [-0.4, -0.2) is 41.3 Å². The van der Waals surface area contributed by atoms with E-state index < -0.39 is 5.60 Å². The van der Waals surface area contributed by atoms with Crippen LogP contribution < -0.4 is 5.32 Å². The molecule has 1 fully saturated rings. The molecule has 5 rings (SSSR count). The largest absolute Gasteiger partial charge is 0.390 e. The number of fused-ring (bicyclic) bond motifs is 2. The average Bonchev–Trinajstić information content (AvgIpc) is 3.35. The number of nitrogens with zero attached hydrogens (tertiary/aromatic N) is 4. The summed E-state index contributed by atoms with van der Waals surface area (Å²) in [5.41, 5.74) is 3.57. The van der Waals surface area contributed by atoms with Gasteiger partial charge in [-0.2, -0.15) is 10.1 Å². The van der Waals surface area contributed by atoms with Crippen LogP contribution in [0, 0.1) is 0 Å². The van der Waals surface area contributed by atoms with Crippen LogP contribution in [0.1, 0.15) is 39.0 Å². The number of aromatic nitrogens is 5. The molecule has 7 heteroatoms. The molecule has 0 aliphatic heterocycles. The number of hydrogen-bond donors (Lipinski definition) is 3. The van der Waals surface area contributed by atoms with Crippen molar-refractivity contribution >= 4 is 22.5 Å². The maximum absolute atomic E-state index is 10.4. The highest BCUT2D eigenvalue weighted by atomic mass is 16.3. The quantitative estimate of drug-likeness (QED) is 0.504. The van der Waals surface area contributed by atoms with Gasteiger partial charge in [0.2, 0.25) is 5.95 Å². The number of H-pyrrole nitrogens is 1. The topological polar surface area (TPSA) is 91.1 Å². The second-order valence-corrected chi connectivity index (χ2v) is 7.77. The maximum Gasteiger partial charge on any atom is 0.224 e. The molecular formula is C21H24N6O. The van der Waals surface area contributed by atoms with Crippen LogP contribution in [0.5, 0.6) is 0 Å². The first-order valence-electron chi connectivity index (χ1n) is 9.90. The van der Waals surface area contributed by atoms with Crippen molar-refractivity contribution in [3.05, 3.63) is 43.0 Å². The van der Waals surface area contributed by atoms with Crippen molar-refractivity contribution in [2.45, 2.75) is 50.7 Å². The molecule has 4 aromatic heterocycles. The lowest BCUT2D eigenvalue weighted by Gasteiger charge is -2.35. The number of hydrogen-bond acceptors (Lipinski definition) is 5. The van der Waals surface area contributed by atoms with E-state index in [0.29, 0.717) is 12.0 Å². The minimum Gasteiger partial charge on any atom is -0.390 e. The molecule has 0 atom stereocenters. The van der Waals surface area contributed by atoms with Crippen molar-refractivity contribution in [3.63, 3.8) is 0 Å². The molecule has 7 nitrogen and oxygen atoms in total. The number of rotatable bonds is 4. The van der Waals surface area contributed by atoms with Gasteiger partial charge in [-0.15, -0.1) is 0 Å². The lowest BCUT2D eigenvalue weighted by atomic mass is 9.80. The predicted molar refractivity (Wildman–Crippen MR) is 109 cm³/mol. The van der Waals surface area contributed by atoms with Crippen molar-refractivity contribution in [3.8, 4) is 11.1 Å². The van der Waals surface area contributed by atoms with E-state index in [-0.39, 0.29) is 0 Å². The van der Waals surface area contributed by atoms with Crippen molar-refractivity contribution in [1.29, 1.82) is 0 Å². The van der Waals surface area contributed by atoms with Crippen LogP contribution >= 0.6 is 0 Å². The third kappa shape index (κ3) is 3.01. The Hall–Kier alpha value is -2.93. The standard InChI is InChI=1S/C21H24N6O/c1-2-21(28)7-3-15(4-8-21)25-20-23-13-18-17(12-22-19(18)26-20)14-6-10-27-16(11-14)5-9-24-27/h5-6,9-13,15,28H,2-4,7-8H2,1H3,(H2,22,23,25,26)/t15-,21+. The van der Waals surface area contributed by atoms with E-state index in [1.807, 2.05) is 35.2 Å². The maximum atomic E-state index is 10.4. The summed E-state index contributed by atoms with van der Waals surface area (Å²) >= 11 is 0. The van der Waals surface area contributed by atoms with Crippen molar-refractivity contribution in [1.82, 2.24) is 24.6 Å². The Bertz CT molecular complexity index is 1120. The van der Waals surface area contributed by atoms with E-state index in [1.165, 1.54) is 0 Å². The van der Waals surface area contributed by atoms with E-state index in [9.17, 15) is 5.11 Å². The van der Waals surface area contributed by atoms with Gasteiger partial charge in [0.25, 0.3) is 0 Å². The molecule has 0 amide bonds. The fourth-order valence-electron chi connectivity index (χ4n) is 4.14. The summed E-state index contributed by atoms with van der Waals surface area (Å²) in [5, 5.41) is 19.1. The Labute approximate surface area is 162 Å². The second-order valence-electron chi connectivity index (χ2n) is 7.77. The number of pyridine rings is 1. The fraction of sp³-hybridized carbons (Fsp3) is 0.381. The number of aliphatic hydroxyl groups is 1. The molecule has 0 spiro atoms. The summed E-state index contributed by atoms with van der Waals surface area (Å²) in [4.78, 5) is 12.5. The van der Waals surface area contributed by atoms with Gasteiger partial charge in [0.05, 0.1) is 11.1 Å². The number of anilines is 1. The zero-order chi connectivity index (χ0) is 19.1. The number of nitrogens with one attached hydrogen (secondary N) is 2. The normalized spacial score (nSPS) is 22.7. The first-order valence-corrected chi connectivity index (χ1v) is 9.90. The van der Waals surface area contributed by atoms with Crippen LogP contribution in [0.2, 0.25) is 0 Å². The average molecular weight is 376 g/mol. The predicted octanol–water partition coefficient (Wildman–Crippen LogP) is 3.77. The van der Waals surface area contributed by atoms with Gasteiger partial charge in [-0.3, -0.25) is 0 Å². The third-order valence-electron chi connectivity index (χ3n) is 6.05. The molecule has 28 heavy (non-hydrogen) atoms. The Morgan fingerprint density at radius 1 is 1.32 bits per heavy atom. The zero-order valence-corrected chi connectivity index (χ0v) is 15.9. The highest BCUT2D eigenvalue weighted by Gasteiger charge is 2.31. The molecule has 1 saturated carbocycles. The fourth-order valence-corrected chi connectivity index (χ4v) is 4.14. The lowest BCUT2D eigenvalue weighted by molar-refractivity contribution is -0.00197. The summed E-state index contributed by atoms with van der Waals surface area (Å²) in [6, 6.07) is 6.45. The molecule has 4 heterocycles. The van der Waals surface area contributed by atoms with Gasteiger partial charge in [-0.05, 0) is 55.9 Å². The SMILES string of the molecule is CC[C@]1(O)CC[C@@H](Nc2ncc3c(-c4ccn5nccc5c4)c[nH]c3n2)CC1. The molecule has 0 radical (unpaired) electrons. The molecule has 4 aromatic rings. The minimum absolute atomic E-state index is 0.308. The molecule has 1 aliphatic rings. The Kier molecular flexibility index (Phi) is 4.05. The van der Waals surface area contributed by atoms with Crippen molar-refractivity contribution in [2.24, 2.45) is 0 Å². The Morgan fingerprint density at radius 2 is 2.18 bits per heavy atom. The molecule has 0 bridgehead atoms. The van der Waals surface area contributed by atoms with Gasteiger partial charge in [0, 0.05) is 41.8 Å². The van der Waals surface area contributed by atoms with Crippen LogP contribution in [0.25, 0.3) is 27.7 Å². The molecular weight excluding hydrogens is 352 g/mol. The smallest absolute Gasteiger partial charge is 0.224 e. The summed E-state index contributed by atoms with van der Waals surface area (Å²) < 4.78 is 1.85. The molecule has 3 N–H and O–H groups in total. The van der Waals surface area contributed by atoms with Gasteiger partial charge >= 0.3 is 0 Å². The van der Waals surface area contributed by atoms with E-state index in [4.69, 9.17) is 0 Å². The summed E-state index contributed by atoms with van der Waals surface area (Å²) in [6.45, 7) is 2.05. The van der Waals surface area contributed by atoms with E-state index in [1.54, 1.807) is 6.20 Å². The molecule has 0 saturated heterocycles. The monoisotopic (exact) mass is 376 g/mol. The van der Waals surface area contributed by atoms with Gasteiger partial charge in [-0.25, -0.2) is 9.50 Å². The Balaban J connectivity index is 1.38. The molecule has 0 unspecified atom stereocenters. The summed E-state index contributed by atoms with van der Waals surface area (Å²) in [7, 11) is 0. The Morgan fingerprint density at radius 3 is 3.00 bits per heavy atom. The van der Waals surface area contributed by atoms with Crippen LogP contribution in [0.15, 0.2) is 43.0 Å². The van der Waals surface area contributed by atoms with Crippen LogP contribution in [0.4, 0.5) is 5.95 Å². The van der Waals surface area contributed by atoms with Gasteiger partial charge < -0.3 is 15.4 Å². The highest BCUT2D eigenvalue weighted by molar-refractivity contribution is 5.94. The first kappa shape index (κ1) is 17.2. The van der Waals surface area contributed by atoms with E-state index >= 15 is 0 Å². The van der Waals surface area contributed by atoms with Crippen LogP contribution in [-0.2, 0) is 0 Å². The van der Waals surface area contributed by atoms with E-state index in [0.717, 1.165) is 59.8 Å². The molecule has 0 aromatic carbocycles. The van der Waals surface area contributed by atoms with E-state index in [2.05, 4.69) is 38.4 Å².